The van der Waals surface area contributed by atoms with Crippen LogP contribution in [0.1, 0.15) is 5.56 Å². The number of benzene rings is 2. The van der Waals surface area contributed by atoms with E-state index in [9.17, 15) is 22.0 Å². The fourth-order valence-electron chi connectivity index (χ4n) is 2.30. The first-order valence-corrected chi connectivity index (χ1v) is 6.80. The Kier molecular flexibility index (Phi) is 4.01. The van der Waals surface area contributed by atoms with Gasteiger partial charge < -0.3 is 0 Å². The van der Waals surface area contributed by atoms with Gasteiger partial charge in [-0.25, -0.2) is 18.7 Å². The molecule has 1 aromatic heterocycles. The van der Waals surface area contributed by atoms with Gasteiger partial charge in [-0.05, 0) is 29.8 Å². The van der Waals surface area contributed by atoms with E-state index in [1.807, 2.05) is 0 Å². The molecule has 2 aromatic carbocycles. The van der Waals surface area contributed by atoms with Gasteiger partial charge in [-0.2, -0.15) is 13.2 Å². The summed E-state index contributed by atoms with van der Waals surface area (Å²) in [5.74, 6) is -1.64. The van der Waals surface area contributed by atoms with Gasteiger partial charge in [0, 0.05) is 11.8 Å². The lowest BCUT2D eigenvalue weighted by molar-refractivity contribution is -0.137. The molecule has 0 bridgehead atoms. The van der Waals surface area contributed by atoms with Crippen molar-refractivity contribution in [1.29, 1.82) is 0 Å². The molecule has 0 fully saturated rings. The Morgan fingerprint density at radius 3 is 2.04 bits per heavy atom. The average Bonchev–Trinajstić information content (AvgIpc) is 2.54. The second-order valence-corrected chi connectivity index (χ2v) is 4.96. The van der Waals surface area contributed by atoms with Gasteiger partial charge in [0.2, 0.25) is 0 Å². The molecular weight excluding hydrogens is 327 g/mol. The number of aromatic nitrogens is 2. The molecule has 0 saturated heterocycles. The van der Waals surface area contributed by atoms with E-state index in [0.29, 0.717) is 5.56 Å². The predicted molar refractivity (Wildman–Crippen MR) is 77.8 cm³/mol. The van der Waals surface area contributed by atoms with Crippen LogP contribution in [0.2, 0.25) is 0 Å². The number of hydrogen-bond acceptors (Lipinski definition) is 2. The third kappa shape index (κ3) is 2.97. The lowest BCUT2D eigenvalue weighted by Gasteiger charge is -2.11. The van der Waals surface area contributed by atoms with E-state index in [1.165, 1.54) is 24.4 Å². The highest BCUT2D eigenvalue weighted by Gasteiger charge is 2.30. The smallest absolute Gasteiger partial charge is 0.244 e. The van der Waals surface area contributed by atoms with Gasteiger partial charge in [-0.3, -0.25) is 0 Å². The van der Waals surface area contributed by atoms with Crippen molar-refractivity contribution in [1.82, 2.24) is 9.97 Å². The number of hydrogen-bond donors (Lipinski definition) is 0. The molecule has 1 heterocycles. The molecule has 7 heteroatoms. The average molecular weight is 336 g/mol. The Bertz CT molecular complexity index is 853. The monoisotopic (exact) mass is 336 g/mol. The highest BCUT2D eigenvalue weighted by molar-refractivity contribution is 5.80. The van der Waals surface area contributed by atoms with E-state index >= 15 is 0 Å². The number of rotatable bonds is 2. The molecule has 24 heavy (non-hydrogen) atoms. The van der Waals surface area contributed by atoms with E-state index in [0.717, 1.165) is 30.6 Å². The van der Waals surface area contributed by atoms with Gasteiger partial charge in [0.05, 0.1) is 16.8 Å². The van der Waals surface area contributed by atoms with Crippen LogP contribution in [0.25, 0.3) is 22.4 Å². The number of halogens is 5. The highest BCUT2D eigenvalue weighted by Crippen LogP contribution is 2.35. The summed E-state index contributed by atoms with van der Waals surface area (Å²) in [6, 6.07) is 7.59. The second kappa shape index (κ2) is 5.99. The standard InChI is InChI=1S/C17H9F5N2/c18-13-2-1-3-14(19)15(13)16-12(8-23-9-24-16)10-4-6-11(7-5-10)17(20,21)22/h1-9H. The number of nitrogens with zero attached hydrogens (tertiary/aromatic N) is 2. The van der Waals surface area contributed by atoms with Crippen molar-refractivity contribution in [3.8, 4) is 22.4 Å². The van der Waals surface area contributed by atoms with Gasteiger partial charge in [0.15, 0.2) is 0 Å². The maximum absolute atomic E-state index is 14.0. The van der Waals surface area contributed by atoms with E-state index in [2.05, 4.69) is 9.97 Å². The third-order valence-electron chi connectivity index (χ3n) is 3.44. The van der Waals surface area contributed by atoms with Crippen LogP contribution >= 0.6 is 0 Å². The largest absolute Gasteiger partial charge is 0.416 e. The summed E-state index contributed by atoms with van der Waals surface area (Å²) in [7, 11) is 0. The normalized spacial score (nSPS) is 11.5. The molecule has 3 aromatic rings. The molecular formula is C17H9F5N2. The molecule has 0 spiro atoms. The summed E-state index contributed by atoms with van der Waals surface area (Å²) in [6.07, 6.45) is -2.04. The molecule has 0 atom stereocenters. The quantitative estimate of drug-likeness (QED) is 0.608. The molecule has 0 aliphatic carbocycles. The Morgan fingerprint density at radius 1 is 0.833 bits per heavy atom. The topological polar surface area (TPSA) is 25.8 Å². The zero-order valence-electron chi connectivity index (χ0n) is 12.0. The van der Waals surface area contributed by atoms with Crippen LogP contribution < -0.4 is 0 Å². The van der Waals surface area contributed by atoms with Crippen molar-refractivity contribution in [3.63, 3.8) is 0 Å². The molecule has 0 amide bonds. The molecule has 0 aliphatic heterocycles. The van der Waals surface area contributed by atoms with Crippen molar-refractivity contribution in [2.24, 2.45) is 0 Å². The van der Waals surface area contributed by atoms with Gasteiger partial charge >= 0.3 is 6.18 Å². The SMILES string of the molecule is Fc1cccc(F)c1-c1ncncc1-c1ccc(C(F)(F)F)cc1. The Balaban J connectivity index is 2.14. The second-order valence-electron chi connectivity index (χ2n) is 4.96. The summed E-state index contributed by atoms with van der Waals surface area (Å²) in [6.45, 7) is 0. The lowest BCUT2D eigenvalue weighted by Crippen LogP contribution is -2.04. The Morgan fingerprint density at radius 2 is 1.46 bits per heavy atom. The maximum Gasteiger partial charge on any atom is 0.416 e. The summed E-state index contributed by atoms with van der Waals surface area (Å²) in [5.41, 5.74) is -0.645. The Hall–Kier alpha value is -2.83. The van der Waals surface area contributed by atoms with Gasteiger partial charge in [-0.15, -0.1) is 0 Å². The van der Waals surface area contributed by atoms with Crippen LogP contribution in [0.5, 0.6) is 0 Å². The summed E-state index contributed by atoms with van der Waals surface area (Å²) < 4.78 is 66.0. The fraction of sp³-hybridized carbons (Fsp3) is 0.0588. The van der Waals surface area contributed by atoms with E-state index < -0.39 is 23.4 Å². The van der Waals surface area contributed by atoms with Crippen LogP contribution in [-0.4, -0.2) is 9.97 Å². The zero-order valence-corrected chi connectivity index (χ0v) is 12.0. The molecule has 0 radical (unpaired) electrons. The van der Waals surface area contributed by atoms with E-state index in [4.69, 9.17) is 0 Å². The van der Waals surface area contributed by atoms with Gasteiger partial charge in [-0.1, -0.05) is 18.2 Å². The van der Waals surface area contributed by atoms with Crippen LogP contribution in [0, 0.1) is 11.6 Å². The minimum Gasteiger partial charge on any atom is -0.244 e. The molecule has 0 aliphatic rings. The summed E-state index contributed by atoms with van der Waals surface area (Å²) in [5, 5.41) is 0. The first-order chi connectivity index (χ1) is 11.4. The highest BCUT2D eigenvalue weighted by atomic mass is 19.4. The molecule has 122 valence electrons. The Labute approximate surface area is 133 Å². The molecule has 0 unspecified atom stereocenters. The minimum absolute atomic E-state index is 0.0274. The van der Waals surface area contributed by atoms with Crippen LogP contribution in [-0.2, 0) is 6.18 Å². The van der Waals surface area contributed by atoms with Crippen molar-refractivity contribution in [2.75, 3.05) is 0 Å². The molecule has 0 N–H and O–H groups in total. The maximum atomic E-state index is 14.0. The molecule has 0 saturated carbocycles. The van der Waals surface area contributed by atoms with E-state index in [1.54, 1.807) is 0 Å². The van der Waals surface area contributed by atoms with Gasteiger partial charge in [0.1, 0.15) is 18.0 Å². The lowest BCUT2D eigenvalue weighted by atomic mass is 9.99. The first-order valence-electron chi connectivity index (χ1n) is 6.80. The number of alkyl halides is 3. The van der Waals surface area contributed by atoms with Crippen molar-refractivity contribution in [2.45, 2.75) is 6.18 Å². The van der Waals surface area contributed by atoms with Crippen LogP contribution in [0.3, 0.4) is 0 Å². The van der Waals surface area contributed by atoms with Crippen molar-refractivity contribution < 1.29 is 22.0 Å². The molecule has 2 nitrogen and oxygen atoms in total. The van der Waals surface area contributed by atoms with E-state index in [-0.39, 0.29) is 16.8 Å². The summed E-state index contributed by atoms with van der Waals surface area (Å²) in [4.78, 5) is 7.70. The fourth-order valence-corrected chi connectivity index (χ4v) is 2.30. The third-order valence-corrected chi connectivity index (χ3v) is 3.44. The predicted octanol–water partition coefficient (Wildman–Crippen LogP) is 5.11. The van der Waals surface area contributed by atoms with Gasteiger partial charge in [0.25, 0.3) is 0 Å². The van der Waals surface area contributed by atoms with Crippen LogP contribution in [0.15, 0.2) is 55.0 Å². The van der Waals surface area contributed by atoms with Crippen LogP contribution in [0.4, 0.5) is 22.0 Å². The van der Waals surface area contributed by atoms with Crippen molar-refractivity contribution >= 4 is 0 Å². The minimum atomic E-state index is -4.47. The zero-order chi connectivity index (χ0) is 17.3. The first kappa shape index (κ1) is 16.0. The summed E-state index contributed by atoms with van der Waals surface area (Å²) >= 11 is 0. The molecule has 3 rings (SSSR count). The van der Waals surface area contributed by atoms with Crippen molar-refractivity contribution in [3.05, 3.63) is 72.2 Å².